The van der Waals surface area contributed by atoms with Crippen molar-refractivity contribution >= 4 is 22.4 Å². The number of aromatic nitrogens is 3. The van der Waals surface area contributed by atoms with Crippen molar-refractivity contribution in [1.82, 2.24) is 15.0 Å². The van der Waals surface area contributed by atoms with Crippen LogP contribution in [0.5, 0.6) is 11.5 Å². The van der Waals surface area contributed by atoms with Gasteiger partial charge in [0.05, 0.1) is 42.7 Å². The highest BCUT2D eigenvalue weighted by atomic mass is 16.5. The van der Waals surface area contributed by atoms with Crippen LogP contribution in [0.15, 0.2) is 67.1 Å². The second-order valence-corrected chi connectivity index (χ2v) is 10.9. The van der Waals surface area contributed by atoms with Crippen molar-refractivity contribution in [3.8, 4) is 22.8 Å². The fourth-order valence-corrected chi connectivity index (χ4v) is 3.94. The van der Waals surface area contributed by atoms with Gasteiger partial charge in [0.15, 0.2) is 0 Å². The van der Waals surface area contributed by atoms with E-state index in [1.807, 2.05) is 36.4 Å². The number of nitrogens with zero attached hydrogens (tertiary/aromatic N) is 4. The topological polar surface area (TPSA) is 69.6 Å². The fraction of sp³-hybridized carbons (Fsp3) is 0.387. The lowest BCUT2D eigenvalue weighted by atomic mass is 9.79. The zero-order valence-corrected chi connectivity index (χ0v) is 23.5. The van der Waals surface area contributed by atoms with Gasteiger partial charge in [0.25, 0.3) is 0 Å². The third-order valence-electron chi connectivity index (χ3n) is 7.24. The molecule has 4 rings (SSSR count). The van der Waals surface area contributed by atoms with Gasteiger partial charge in [-0.25, -0.2) is 4.98 Å². The molecule has 2 heterocycles. The van der Waals surface area contributed by atoms with E-state index in [1.54, 1.807) is 32.8 Å². The van der Waals surface area contributed by atoms with Crippen LogP contribution < -0.4 is 14.4 Å². The second-order valence-electron chi connectivity index (χ2n) is 10.9. The molecule has 0 atom stereocenters. The maximum Gasteiger partial charge on any atom is 0.124 e. The molecule has 0 amide bonds. The Hall–Kier alpha value is -3.71. The molecule has 7 nitrogen and oxygen atoms in total. The predicted octanol–water partition coefficient (Wildman–Crippen LogP) is 7.08. The Kier molecular flexibility index (Phi) is 8.17. The third kappa shape index (κ3) is 6.22. The van der Waals surface area contributed by atoms with Crippen LogP contribution in [0, 0.1) is 5.41 Å². The number of hydrogen-bond acceptors (Lipinski definition) is 7. The van der Waals surface area contributed by atoms with E-state index < -0.39 is 0 Å². The van der Waals surface area contributed by atoms with Gasteiger partial charge in [-0.2, -0.15) is 0 Å². The highest BCUT2D eigenvalue weighted by Crippen LogP contribution is 2.35. The summed E-state index contributed by atoms with van der Waals surface area (Å²) in [7, 11) is 3.33. The molecule has 0 aliphatic carbocycles. The molecule has 0 fully saturated rings. The molecule has 0 radical (unpaired) electrons. The molecule has 38 heavy (non-hydrogen) atoms. The number of fused-ring (bicyclic) bond motifs is 1. The molecular weight excluding hydrogens is 476 g/mol. The predicted molar refractivity (Wildman–Crippen MR) is 153 cm³/mol. The Morgan fingerprint density at radius 2 is 1.55 bits per heavy atom. The number of rotatable bonds is 10. The Morgan fingerprint density at radius 1 is 0.816 bits per heavy atom. The summed E-state index contributed by atoms with van der Waals surface area (Å²) in [6.45, 7) is 12.3. The second kappa shape index (κ2) is 11.4. The first-order valence-corrected chi connectivity index (χ1v) is 12.9. The van der Waals surface area contributed by atoms with Gasteiger partial charge in [0.2, 0.25) is 0 Å². The molecule has 2 aromatic heterocycles. The number of methoxy groups -OCH3 is 2. The SMILES string of the molecule is COc1cc(OC)cc(N(CCCOC(C)(C)C(C)(C)C)c2ccc3ncc(-c4cccnc4)nc3c2)c1. The molecular formula is C31H38N4O3. The van der Waals surface area contributed by atoms with Crippen LogP contribution in [0.2, 0.25) is 0 Å². The van der Waals surface area contributed by atoms with Crippen LogP contribution in [-0.2, 0) is 4.74 Å². The monoisotopic (exact) mass is 514 g/mol. The summed E-state index contributed by atoms with van der Waals surface area (Å²) in [6, 6.07) is 16.0. The molecule has 0 saturated heterocycles. The lowest BCUT2D eigenvalue weighted by Gasteiger charge is -2.39. The van der Waals surface area contributed by atoms with Gasteiger partial charge in [-0.05, 0) is 56.0 Å². The van der Waals surface area contributed by atoms with Crippen molar-refractivity contribution in [3.63, 3.8) is 0 Å². The van der Waals surface area contributed by atoms with Gasteiger partial charge < -0.3 is 19.1 Å². The van der Waals surface area contributed by atoms with Crippen LogP contribution >= 0.6 is 0 Å². The first kappa shape index (κ1) is 27.3. The molecule has 0 N–H and O–H groups in total. The number of hydrogen-bond donors (Lipinski definition) is 0. The van der Waals surface area contributed by atoms with Crippen molar-refractivity contribution in [3.05, 3.63) is 67.1 Å². The van der Waals surface area contributed by atoms with Crippen LogP contribution in [0.3, 0.4) is 0 Å². The van der Waals surface area contributed by atoms with E-state index in [-0.39, 0.29) is 11.0 Å². The quantitative estimate of drug-likeness (QED) is 0.209. The lowest BCUT2D eigenvalue weighted by molar-refractivity contribution is -0.0902. The van der Waals surface area contributed by atoms with Gasteiger partial charge in [-0.15, -0.1) is 0 Å². The summed E-state index contributed by atoms with van der Waals surface area (Å²) in [5.74, 6) is 1.46. The van der Waals surface area contributed by atoms with Crippen molar-refractivity contribution in [2.45, 2.75) is 46.6 Å². The lowest BCUT2D eigenvalue weighted by Crippen LogP contribution is -2.40. The van der Waals surface area contributed by atoms with E-state index in [2.05, 4.69) is 61.6 Å². The Labute approximate surface area is 225 Å². The molecule has 0 unspecified atom stereocenters. The van der Waals surface area contributed by atoms with Crippen LogP contribution in [0.1, 0.15) is 41.0 Å². The molecule has 0 bridgehead atoms. The molecule has 4 aromatic rings. The smallest absolute Gasteiger partial charge is 0.124 e. The van der Waals surface area contributed by atoms with E-state index in [1.165, 1.54) is 0 Å². The maximum absolute atomic E-state index is 6.34. The molecule has 0 aliphatic heterocycles. The first-order chi connectivity index (χ1) is 18.1. The van der Waals surface area contributed by atoms with Gasteiger partial charge in [0.1, 0.15) is 11.5 Å². The molecule has 0 saturated carbocycles. The van der Waals surface area contributed by atoms with E-state index in [4.69, 9.17) is 19.2 Å². The molecule has 2 aromatic carbocycles. The third-order valence-corrected chi connectivity index (χ3v) is 7.24. The van der Waals surface area contributed by atoms with Crippen molar-refractivity contribution in [2.24, 2.45) is 5.41 Å². The van der Waals surface area contributed by atoms with Crippen LogP contribution in [-0.4, -0.2) is 47.9 Å². The minimum absolute atomic E-state index is 0.0375. The summed E-state index contributed by atoms with van der Waals surface area (Å²) in [4.78, 5) is 16.0. The van der Waals surface area contributed by atoms with E-state index in [0.717, 1.165) is 58.1 Å². The number of anilines is 2. The largest absolute Gasteiger partial charge is 0.497 e. The summed E-state index contributed by atoms with van der Waals surface area (Å²) >= 11 is 0. The highest BCUT2D eigenvalue weighted by Gasteiger charge is 2.33. The molecule has 0 spiro atoms. The number of benzene rings is 2. The zero-order valence-electron chi connectivity index (χ0n) is 23.5. The van der Waals surface area contributed by atoms with Crippen molar-refractivity contribution < 1.29 is 14.2 Å². The van der Waals surface area contributed by atoms with Gasteiger partial charge in [-0.3, -0.25) is 9.97 Å². The highest BCUT2D eigenvalue weighted by molar-refractivity contribution is 5.82. The number of ether oxygens (including phenoxy) is 3. The molecule has 7 heteroatoms. The Morgan fingerprint density at radius 3 is 2.18 bits per heavy atom. The van der Waals surface area contributed by atoms with Crippen molar-refractivity contribution in [2.75, 3.05) is 32.3 Å². The van der Waals surface area contributed by atoms with E-state index in [9.17, 15) is 0 Å². The van der Waals surface area contributed by atoms with Gasteiger partial charge >= 0.3 is 0 Å². The minimum atomic E-state index is -0.238. The Bertz CT molecular complexity index is 1340. The normalized spacial score (nSPS) is 12.0. The molecule has 200 valence electrons. The summed E-state index contributed by atoms with van der Waals surface area (Å²) in [5.41, 5.74) is 5.13. The maximum atomic E-state index is 6.34. The van der Waals surface area contributed by atoms with Crippen LogP contribution in [0.4, 0.5) is 11.4 Å². The van der Waals surface area contributed by atoms with Gasteiger partial charge in [0, 0.05) is 60.7 Å². The average Bonchev–Trinajstić information content (AvgIpc) is 2.92. The van der Waals surface area contributed by atoms with Crippen LogP contribution in [0.25, 0.3) is 22.3 Å². The zero-order chi connectivity index (χ0) is 27.3. The molecule has 0 aliphatic rings. The standard InChI is InChI=1S/C31H38N4O3/c1-30(2,3)31(4,5)38-15-9-14-35(24-16-25(36-6)19-26(17-24)37-7)23-11-12-27-28(18-23)34-29(21-33-27)22-10-8-13-32-20-22/h8,10-13,16-21H,9,14-15H2,1-7H3. The number of pyridine rings is 1. The van der Waals surface area contributed by atoms with Gasteiger partial charge in [-0.1, -0.05) is 20.8 Å². The van der Waals surface area contributed by atoms with E-state index >= 15 is 0 Å². The summed E-state index contributed by atoms with van der Waals surface area (Å²) < 4.78 is 17.5. The average molecular weight is 515 g/mol. The summed E-state index contributed by atoms with van der Waals surface area (Å²) in [5, 5.41) is 0. The minimum Gasteiger partial charge on any atom is -0.497 e. The van der Waals surface area contributed by atoms with Crippen molar-refractivity contribution in [1.29, 1.82) is 0 Å². The summed E-state index contributed by atoms with van der Waals surface area (Å²) in [6.07, 6.45) is 6.17. The first-order valence-electron chi connectivity index (χ1n) is 12.9. The Balaban J connectivity index is 1.68. The van der Waals surface area contributed by atoms with E-state index in [0.29, 0.717) is 6.61 Å². The fourth-order valence-electron chi connectivity index (χ4n) is 3.94.